The summed E-state index contributed by atoms with van der Waals surface area (Å²) in [6, 6.07) is 1.63. The van der Waals surface area contributed by atoms with E-state index in [-0.39, 0.29) is 22.0 Å². The lowest BCUT2D eigenvalue weighted by atomic mass is 9.93. The first-order valence-corrected chi connectivity index (χ1v) is 6.21. The molecule has 1 aliphatic heterocycles. The Kier molecular flexibility index (Phi) is 3.32. The first kappa shape index (κ1) is 13.9. The highest BCUT2D eigenvalue weighted by Crippen LogP contribution is 2.32. The summed E-state index contributed by atoms with van der Waals surface area (Å²) in [4.78, 5) is 13.1. The van der Waals surface area contributed by atoms with E-state index in [1.165, 1.54) is 0 Å². The molecule has 0 aromatic carbocycles. The summed E-state index contributed by atoms with van der Waals surface area (Å²) in [5, 5.41) is 16.6. The number of amides is 1. The number of nitrogens with zero attached hydrogens (tertiary/aromatic N) is 2. The lowest BCUT2D eigenvalue weighted by Crippen LogP contribution is -2.37. The molecule has 2 N–H and O–H groups in total. The molecule has 0 spiro atoms. The quantitative estimate of drug-likeness (QED) is 0.856. The second kappa shape index (κ2) is 4.54. The molecule has 0 radical (unpaired) electrons. The average Bonchev–Trinajstić information content (AvgIpc) is 2.85. The van der Waals surface area contributed by atoms with E-state index < -0.39 is 12.1 Å². The molecule has 0 bridgehead atoms. The van der Waals surface area contributed by atoms with Gasteiger partial charge in [0.05, 0.1) is 5.70 Å². The SMILES string of the molecule is CNC1=C(Cl)C(=O)N(c2cc(C(C)(C)C)on2)C1O. The standard InChI is InChI=1S/C12H16ClN3O3/c1-12(2,3)6-5-7(15-19-6)16-10(17)8(13)9(14-4)11(16)18/h5,11,14,18H,1-4H3. The highest BCUT2D eigenvalue weighted by molar-refractivity contribution is 6.45. The molecule has 1 aromatic heterocycles. The van der Waals surface area contributed by atoms with Crippen LogP contribution in [0.3, 0.4) is 0 Å². The molecule has 0 saturated carbocycles. The molecule has 2 rings (SSSR count). The summed E-state index contributed by atoms with van der Waals surface area (Å²) in [6.45, 7) is 5.89. The minimum absolute atomic E-state index is 0.0460. The van der Waals surface area contributed by atoms with Crippen LogP contribution in [0.4, 0.5) is 5.82 Å². The Hall–Kier alpha value is -1.53. The Morgan fingerprint density at radius 3 is 2.58 bits per heavy atom. The fourth-order valence-corrected chi connectivity index (χ4v) is 2.06. The number of rotatable bonds is 2. The third-order valence-electron chi connectivity index (χ3n) is 2.90. The molecule has 1 atom stereocenters. The second-order valence-electron chi connectivity index (χ2n) is 5.33. The van der Waals surface area contributed by atoms with E-state index >= 15 is 0 Å². The van der Waals surface area contributed by atoms with Crippen molar-refractivity contribution in [3.63, 3.8) is 0 Å². The van der Waals surface area contributed by atoms with E-state index in [0.717, 1.165) is 4.90 Å². The molecule has 2 heterocycles. The molecule has 19 heavy (non-hydrogen) atoms. The van der Waals surface area contributed by atoms with Crippen LogP contribution in [0.25, 0.3) is 0 Å². The van der Waals surface area contributed by atoms with Crippen LogP contribution in [-0.2, 0) is 10.2 Å². The molecular weight excluding hydrogens is 270 g/mol. The molecule has 0 aliphatic carbocycles. The second-order valence-corrected chi connectivity index (χ2v) is 5.70. The van der Waals surface area contributed by atoms with Crippen molar-refractivity contribution in [2.45, 2.75) is 32.4 Å². The lowest BCUT2D eigenvalue weighted by Gasteiger charge is -2.19. The van der Waals surface area contributed by atoms with Crippen molar-refractivity contribution in [2.24, 2.45) is 0 Å². The van der Waals surface area contributed by atoms with Gasteiger partial charge in [0.25, 0.3) is 5.91 Å². The number of carbonyl (C=O) groups excluding carboxylic acids is 1. The van der Waals surface area contributed by atoms with E-state index in [4.69, 9.17) is 16.1 Å². The minimum atomic E-state index is -1.18. The maximum absolute atomic E-state index is 12.0. The molecule has 6 nitrogen and oxygen atoms in total. The fourth-order valence-electron chi connectivity index (χ4n) is 1.78. The minimum Gasteiger partial charge on any atom is -0.386 e. The van der Waals surface area contributed by atoms with Gasteiger partial charge >= 0.3 is 0 Å². The number of anilines is 1. The lowest BCUT2D eigenvalue weighted by molar-refractivity contribution is -0.115. The van der Waals surface area contributed by atoms with Crippen LogP contribution in [-0.4, -0.2) is 29.4 Å². The average molecular weight is 286 g/mol. The van der Waals surface area contributed by atoms with Crippen LogP contribution < -0.4 is 10.2 Å². The van der Waals surface area contributed by atoms with Crippen molar-refractivity contribution < 1.29 is 14.4 Å². The number of hydrogen-bond acceptors (Lipinski definition) is 5. The number of likely N-dealkylation sites (N-methyl/N-ethyl adjacent to an activating group) is 1. The number of halogens is 1. The maximum Gasteiger partial charge on any atom is 0.275 e. The first-order valence-electron chi connectivity index (χ1n) is 5.83. The summed E-state index contributed by atoms with van der Waals surface area (Å²) < 4.78 is 5.21. The normalized spacial score (nSPS) is 20.4. The molecule has 104 valence electrons. The topological polar surface area (TPSA) is 78.6 Å². The molecule has 0 saturated heterocycles. The van der Waals surface area contributed by atoms with Gasteiger partial charge in [0.2, 0.25) is 0 Å². The third kappa shape index (κ3) is 2.21. The van der Waals surface area contributed by atoms with E-state index in [1.807, 2.05) is 20.8 Å². The van der Waals surface area contributed by atoms with Crippen LogP contribution >= 0.6 is 11.6 Å². The predicted octanol–water partition coefficient (Wildman–Crippen LogP) is 1.31. The Balaban J connectivity index is 2.35. The Bertz CT molecular complexity index is 545. The zero-order valence-electron chi connectivity index (χ0n) is 11.2. The molecular formula is C12H16ClN3O3. The summed E-state index contributed by atoms with van der Waals surface area (Å²) in [7, 11) is 1.58. The fraction of sp³-hybridized carbons (Fsp3) is 0.500. The van der Waals surface area contributed by atoms with Crippen LogP contribution in [0.5, 0.6) is 0 Å². The molecule has 1 aliphatic rings. The molecule has 1 aromatic rings. The van der Waals surface area contributed by atoms with Crippen LogP contribution in [0.2, 0.25) is 0 Å². The van der Waals surface area contributed by atoms with Gasteiger partial charge in [-0.25, -0.2) is 0 Å². The van der Waals surface area contributed by atoms with Crippen molar-refractivity contribution in [3.05, 3.63) is 22.6 Å². The number of hydrogen-bond donors (Lipinski definition) is 2. The van der Waals surface area contributed by atoms with Gasteiger partial charge in [-0.3, -0.25) is 9.69 Å². The molecule has 1 unspecified atom stereocenters. The molecule has 0 fully saturated rings. The van der Waals surface area contributed by atoms with Crippen LogP contribution in [0.1, 0.15) is 26.5 Å². The van der Waals surface area contributed by atoms with Crippen LogP contribution in [0.15, 0.2) is 21.3 Å². The van der Waals surface area contributed by atoms with E-state index in [2.05, 4.69) is 10.5 Å². The number of aliphatic hydroxyl groups excluding tert-OH is 1. The predicted molar refractivity (Wildman–Crippen MR) is 70.6 cm³/mol. The Labute approximate surface area is 116 Å². The zero-order valence-corrected chi connectivity index (χ0v) is 11.9. The summed E-state index contributed by atoms with van der Waals surface area (Å²) in [5.41, 5.74) is 0.0224. The van der Waals surface area contributed by atoms with Gasteiger partial charge < -0.3 is 14.9 Å². The van der Waals surface area contributed by atoms with Crippen molar-refractivity contribution in [2.75, 3.05) is 11.9 Å². The van der Waals surface area contributed by atoms with Crippen molar-refractivity contribution in [1.82, 2.24) is 10.5 Å². The smallest absolute Gasteiger partial charge is 0.275 e. The summed E-state index contributed by atoms with van der Waals surface area (Å²) >= 11 is 5.87. The van der Waals surface area contributed by atoms with E-state index in [0.29, 0.717) is 5.76 Å². The monoisotopic (exact) mass is 285 g/mol. The van der Waals surface area contributed by atoms with Crippen molar-refractivity contribution in [1.29, 1.82) is 0 Å². The number of nitrogens with one attached hydrogen (secondary N) is 1. The third-order valence-corrected chi connectivity index (χ3v) is 3.26. The van der Waals surface area contributed by atoms with Gasteiger partial charge in [0.1, 0.15) is 10.8 Å². The number of aliphatic hydroxyl groups is 1. The Morgan fingerprint density at radius 1 is 1.53 bits per heavy atom. The number of carbonyl (C=O) groups is 1. The highest BCUT2D eigenvalue weighted by atomic mass is 35.5. The number of aromatic nitrogens is 1. The zero-order chi connectivity index (χ0) is 14.4. The maximum atomic E-state index is 12.0. The summed E-state index contributed by atoms with van der Waals surface area (Å²) in [6.07, 6.45) is -1.18. The summed E-state index contributed by atoms with van der Waals surface area (Å²) in [5.74, 6) is 0.356. The van der Waals surface area contributed by atoms with Crippen molar-refractivity contribution >= 4 is 23.3 Å². The van der Waals surface area contributed by atoms with Gasteiger partial charge in [0.15, 0.2) is 12.0 Å². The molecule has 7 heteroatoms. The van der Waals surface area contributed by atoms with Gasteiger partial charge in [-0.2, -0.15) is 0 Å². The Morgan fingerprint density at radius 2 is 2.16 bits per heavy atom. The van der Waals surface area contributed by atoms with Gasteiger partial charge in [-0.05, 0) is 0 Å². The van der Waals surface area contributed by atoms with E-state index in [1.54, 1.807) is 13.1 Å². The van der Waals surface area contributed by atoms with Crippen LogP contribution in [0, 0.1) is 0 Å². The highest BCUT2D eigenvalue weighted by Gasteiger charge is 2.40. The van der Waals surface area contributed by atoms with Gasteiger partial charge in [-0.15, -0.1) is 0 Å². The largest absolute Gasteiger partial charge is 0.386 e. The van der Waals surface area contributed by atoms with Crippen molar-refractivity contribution in [3.8, 4) is 0 Å². The van der Waals surface area contributed by atoms with E-state index in [9.17, 15) is 9.90 Å². The molecule has 1 amide bonds. The first-order chi connectivity index (χ1) is 8.77. The van der Waals surface area contributed by atoms with Gasteiger partial charge in [0, 0.05) is 18.5 Å². The van der Waals surface area contributed by atoms with Gasteiger partial charge in [-0.1, -0.05) is 37.5 Å².